The number of rotatable bonds is 6. The van der Waals surface area contributed by atoms with Gasteiger partial charge in [-0.05, 0) is 67.7 Å². The zero-order chi connectivity index (χ0) is 21.8. The third-order valence-electron chi connectivity index (χ3n) is 4.76. The van der Waals surface area contributed by atoms with Crippen molar-refractivity contribution in [3.8, 4) is 5.69 Å². The lowest BCUT2D eigenvalue weighted by Crippen LogP contribution is -2.36. The van der Waals surface area contributed by atoms with Gasteiger partial charge in [0.05, 0.1) is 24.2 Å². The fourth-order valence-corrected chi connectivity index (χ4v) is 5.71. The molecule has 0 spiro atoms. The third-order valence-corrected chi connectivity index (χ3v) is 7.43. The van der Waals surface area contributed by atoms with Crippen molar-refractivity contribution >= 4 is 64.2 Å². The van der Waals surface area contributed by atoms with Crippen LogP contribution in [0, 0.1) is 3.95 Å². The molecule has 6 nitrogen and oxygen atoms in total. The smallest absolute Gasteiger partial charge is 0.237 e. The molecule has 1 saturated heterocycles. The Kier molecular flexibility index (Phi) is 7.29. The van der Waals surface area contributed by atoms with Gasteiger partial charge in [-0.2, -0.15) is 0 Å². The molecule has 2 heterocycles. The van der Waals surface area contributed by atoms with E-state index >= 15 is 0 Å². The number of nitrogens with one attached hydrogen (secondary N) is 1. The van der Waals surface area contributed by atoms with E-state index in [1.807, 2.05) is 43.3 Å². The summed E-state index contributed by atoms with van der Waals surface area (Å²) in [5.74, 6) is -0.0803. The van der Waals surface area contributed by atoms with Crippen LogP contribution >= 0.6 is 46.9 Å². The van der Waals surface area contributed by atoms with Crippen LogP contribution < -0.4 is 10.2 Å². The van der Waals surface area contributed by atoms with Crippen LogP contribution in [-0.4, -0.2) is 47.2 Å². The van der Waals surface area contributed by atoms with Gasteiger partial charge in [0.15, 0.2) is 8.29 Å². The summed E-state index contributed by atoms with van der Waals surface area (Å²) < 4.78 is 8.44. The van der Waals surface area contributed by atoms with E-state index in [-0.39, 0.29) is 11.2 Å². The summed E-state index contributed by atoms with van der Waals surface area (Å²) in [5, 5.41) is 7.87. The molecule has 1 aliphatic rings. The standard InChI is InChI=1S/C21H21ClN4O2S3/c1-14(30-20-24-26(21(29)31-20)18-6-2-15(22)3-7-18)19(27)23-16-4-8-17(9-5-16)25-10-12-28-13-11-25/h2-9,14H,10-13H2,1H3,(H,23,27). The molecule has 1 atom stereocenters. The van der Waals surface area contributed by atoms with Gasteiger partial charge in [-0.25, -0.2) is 4.68 Å². The second kappa shape index (κ2) is 10.1. The summed E-state index contributed by atoms with van der Waals surface area (Å²) in [5.41, 5.74) is 2.75. The molecule has 1 unspecified atom stereocenters. The molecule has 0 radical (unpaired) electrons. The second-order valence-electron chi connectivity index (χ2n) is 6.92. The molecule has 0 saturated carbocycles. The molecule has 10 heteroatoms. The highest BCUT2D eigenvalue weighted by Crippen LogP contribution is 2.29. The summed E-state index contributed by atoms with van der Waals surface area (Å²) in [6.45, 7) is 5.11. The summed E-state index contributed by atoms with van der Waals surface area (Å²) in [4.78, 5) is 14.9. The molecule has 1 N–H and O–H groups in total. The van der Waals surface area contributed by atoms with Crippen LogP contribution in [0.4, 0.5) is 11.4 Å². The van der Waals surface area contributed by atoms with Crippen molar-refractivity contribution in [3.05, 3.63) is 57.5 Å². The van der Waals surface area contributed by atoms with E-state index in [9.17, 15) is 4.79 Å². The van der Waals surface area contributed by atoms with E-state index < -0.39 is 0 Å². The summed E-state index contributed by atoms with van der Waals surface area (Å²) >= 11 is 14.2. The number of hydrogen-bond acceptors (Lipinski definition) is 7. The molecule has 2 aromatic carbocycles. The van der Waals surface area contributed by atoms with Crippen molar-refractivity contribution in [1.82, 2.24) is 9.78 Å². The van der Waals surface area contributed by atoms with Crippen molar-refractivity contribution in [2.45, 2.75) is 16.5 Å². The largest absolute Gasteiger partial charge is 0.378 e. The first-order valence-electron chi connectivity index (χ1n) is 9.76. The van der Waals surface area contributed by atoms with Gasteiger partial charge in [0, 0.05) is 29.5 Å². The molecule has 1 aromatic heterocycles. The Morgan fingerprint density at radius 3 is 2.48 bits per heavy atom. The summed E-state index contributed by atoms with van der Waals surface area (Å²) in [6, 6.07) is 15.2. The maximum absolute atomic E-state index is 12.7. The second-order valence-corrected chi connectivity index (χ2v) is 10.6. The minimum absolute atomic E-state index is 0.0803. The van der Waals surface area contributed by atoms with Crippen LogP contribution in [0.5, 0.6) is 0 Å². The van der Waals surface area contributed by atoms with Crippen molar-refractivity contribution < 1.29 is 9.53 Å². The number of morpholine rings is 1. The summed E-state index contributed by atoms with van der Waals surface area (Å²) in [7, 11) is 0. The van der Waals surface area contributed by atoms with E-state index in [0.29, 0.717) is 8.98 Å². The number of hydrogen-bond donors (Lipinski definition) is 1. The number of halogens is 1. The van der Waals surface area contributed by atoms with Gasteiger partial charge in [-0.15, -0.1) is 5.10 Å². The van der Waals surface area contributed by atoms with Crippen LogP contribution in [0.3, 0.4) is 0 Å². The average molecular weight is 493 g/mol. The molecular weight excluding hydrogens is 472 g/mol. The van der Waals surface area contributed by atoms with Crippen molar-refractivity contribution in [2.75, 3.05) is 36.5 Å². The van der Waals surface area contributed by atoms with Crippen molar-refractivity contribution in [3.63, 3.8) is 0 Å². The van der Waals surface area contributed by atoms with Crippen LogP contribution in [0.1, 0.15) is 6.92 Å². The first kappa shape index (κ1) is 22.3. The highest BCUT2D eigenvalue weighted by Gasteiger charge is 2.18. The molecule has 4 rings (SSSR count). The van der Waals surface area contributed by atoms with Gasteiger partial charge in [0.1, 0.15) is 0 Å². The predicted molar refractivity (Wildman–Crippen MR) is 131 cm³/mol. The minimum Gasteiger partial charge on any atom is -0.378 e. The van der Waals surface area contributed by atoms with E-state index in [1.165, 1.54) is 23.1 Å². The number of amides is 1. The maximum Gasteiger partial charge on any atom is 0.237 e. The Bertz CT molecular complexity index is 1090. The normalized spacial score (nSPS) is 15.0. The first-order chi connectivity index (χ1) is 15.0. The fraction of sp³-hybridized carbons (Fsp3) is 0.286. The number of aromatic nitrogens is 2. The van der Waals surface area contributed by atoms with Crippen LogP contribution in [0.25, 0.3) is 5.69 Å². The molecule has 162 valence electrons. The zero-order valence-corrected chi connectivity index (χ0v) is 20.0. The van der Waals surface area contributed by atoms with Gasteiger partial charge in [-0.1, -0.05) is 34.7 Å². The van der Waals surface area contributed by atoms with E-state index in [1.54, 1.807) is 16.8 Å². The van der Waals surface area contributed by atoms with E-state index in [2.05, 4.69) is 15.3 Å². The van der Waals surface area contributed by atoms with Gasteiger partial charge in [0.25, 0.3) is 0 Å². The first-order valence-corrected chi connectivity index (χ1v) is 12.2. The number of carbonyl (C=O) groups excluding carboxylic acids is 1. The lowest BCUT2D eigenvalue weighted by atomic mass is 10.2. The van der Waals surface area contributed by atoms with Crippen molar-refractivity contribution in [2.24, 2.45) is 0 Å². The maximum atomic E-state index is 12.7. The van der Waals surface area contributed by atoms with Gasteiger partial charge in [0.2, 0.25) is 5.91 Å². The highest BCUT2D eigenvalue weighted by atomic mass is 35.5. The molecule has 1 aliphatic heterocycles. The Hall–Kier alpha value is -1.91. The molecule has 31 heavy (non-hydrogen) atoms. The predicted octanol–water partition coefficient (Wildman–Crippen LogP) is 5.27. The number of anilines is 2. The lowest BCUT2D eigenvalue weighted by Gasteiger charge is -2.28. The topological polar surface area (TPSA) is 59.4 Å². The molecular formula is C21H21ClN4O2S3. The van der Waals surface area contributed by atoms with Gasteiger partial charge in [-0.3, -0.25) is 4.79 Å². The summed E-state index contributed by atoms with van der Waals surface area (Å²) in [6.07, 6.45) is 0. The number of carbonyl (C=O) groups is 1. The average Bonchev–Trinajstić information content (AvgIpc) is 3.15. The molecule has 1 amide bonds. The zero-order valence-electron chi connectivity index (χ0n) is 16.8. The Morgan fingerprint density at radius 2 is 1.81 bits per heavy atom. The van der Waals surface area contributed by atoms with E-state index in [0.717, 1.165) is 47.7 Å². The number of ether oxygens (including phenoxy) is 1. The lowest BCUT2D eigenvalue weighted by molar-refractivity contribution is -0.115. The Labute approximate surface area is 199 Å². The van der Waals surface area contributed by atoms with Crippen molar-refractivity contribution in [1.29, 1.82) is 0 Å². The number of thioether (sulfide) groups is 1. The van der Waals surface area contributed by atoms with Crippen LogP contribution in [-0.2, 0) is 9.53 Å². The van der Waals surface area contributed by atoms with Gasteiger partial charge < -0.3 is 15.0 Å². The van der Waals surface area contributed by atoms with E-state index in [4.69, 9.17) is 28.6 Å². The third kappa shape index (κ3) is 5.67. The number of benzene rings is 2. The Morgan fingerprint density at radius 1 is 1.16 bits per heavy atom. The monoisotopic (exact) mass is 492 g/mol. The van der Waals surface area contributed by atoms with Crippen LogP contribution in [0.15, 0.2) is 52.9 Å². The fourth-order valence-electron chi connectivity index (χ4n) is 3.08. The molecule has 0 bridgehead atoms. The quantitative estimate of drug-likeness (QED) is 0.373. The van der Waals surface area contributed by atoms with Gasteiger partial charge >= 0.3 is 0 Å². The van der Waals surface area contributed by atoms with Crippen LogP contribution in [0.2, 0.25) is 5.02 Å². The Balaban J connectivity index is 1.37. The highest BCUT2D eigenvalue weighted by molar-refractivity contribution is 8.02. The number of nitrogens with zero attached hydrogens (tertiary/aromatic N) is 3. The molecule has 0 aliphatic carbocycles. The SMILES string of the molecule is CC(Sc1nn(-c2ccc(Cl)cc2)c(=S)s1)C(=O)Nc1ccc(N2CCOCC2)cc1. The minimum atomic E-state index is -0.321. The molecule has 1 fully saturated rings. The molecule has 3 aromatic rings.